The van der Waals surface area contributed by atoms with Crippen LogP contribution < -0.4 is 5.32 Å². The average Bonchev–Trinajstić information content (AvgIpc) is 2.94. The first-order chi connectivity index (χ1) is 10.6. The molecule has 1 heterocycles. The number of carbonyl (C=O) groups excluding carboxylic acids is 1. The highest BCUT2D eigenvalue weighted by molar-refractivity contribution is 6.04. The van der Waals surface area contributed by atoms with Crippen LogP contribution in [0.15, 0.2) is 60.9 Å². The molecule has 4 nitrogen and oxygen atoms in total. The van der Waals surface area contributed by atoms with E-state index in [-0.39, 0.29) is 11.5 Å². The number of rotatable bonds is 3. The first-order valence-electron chi connectivity index (χ1n) is 6.78. The zero-order chi connectivity index (χ0) is 15.5. The van der Waals surface area contributed by atoms with Crippen molar-refractivity contribution in [3.8, 4) is 11.4 Å². The maximum Gasteiger partial charge on any atom is 0.255 e. The van der Waals surface area contributed by atoms with Gasteiger partial charge in [0.15, 0.2) is 0 Å². The Hall–Kier alpha value is -2.95. The first-order valence-corrected chi connectivity index (χ1v) is 6.78. The molecule has 0 aliphatic carbocycles. The van der Waals surface area contributed by atoms with Gasteiger partial charge in [-0.2, -0.15) is 0 Å². The first kappa shape index (κ1) is 14.0. The molecule has 22 heavy (non-hydrogen) atoms. The molecule has 0 fully saturated rings. The van der Waals surface area contributed by atoms with Crippen molar-refractivity contribution in [2.24, 2.45) is 7.05 Å². The normalized spacial score (nSPS) is 10.5. The fourth-order valence-corrected chi connectivity index (χ4v) is 2.21. The topological polar surface area (TPSA) is 46.9 Å². The lowest BCUT2D eigenvalue weighted by molar-refractivity contribution is 0.102. The predicted molar refractivity (Wildman–Crippen MR) is 83.0 cm³/mol. The third-order valence-electron chi connectivity index (χ3n) is 3.29. The summed E-state index contributed by atoms with van der Waals surface area (Å²) < 4.78 is 15.1. The number of hydrogen-bond acceptors (Lipinski definition) is 2. The van der Waals surface area contributed by atoms with E-state index >= 15 is 0 Å². The molecule has 0 spiro atoms. The van der Waals surface area contributed by atoms with Gasteiger partial charge < -0.3 is 9.88 Å². The number of nitrogens with zero attached hydrogens (tertiary/aromatic N) is 2. The van der Waals surface area contributed by atoms with Crippen LogP contribution in [0.25, 0.3) is 11.4 Å². The molecule has 0 aliphatic heterocycles. The van der Waals surface area contributed by atoms with Gasteiger partial charge in [0.2, 0.25) is 0 Å². The van der Waals surface area contributed by atoms with E-state index < -0.39 is 5.82 Å². The molecule has 0 bridgehead atoms. The van der Waals surface area contributed by atoms with E-state index in [1.165, 1.54) is 18.2 Å². The van der Waals surface area contributed by atoms with Gasteiger partial charge in [-0.15, -0.1) is 0 Å². The molecule has 110 valence electrons. The van der Waals surface area contributed by atoms with E-state index in [1.807, 2.05) is 36.0 Å². The quantitative estimate of drug-likeness (QED) is 0.804. The third-order valence-corrected chi connectivity index (χ3v) is 3.29. The second-order valence-corrected chi connectivity index (χ2v) is 4.91. The Morgan fingerprint density at radius 2 is 2.00 bits per heavy atom. The van der Waals surface area contributed by atoms with Crippen molar-refractivity contribution in [3.63, 3.8) is 0 Å². The van der Waals surface area contributed by atoms with Gasteiger partial charge in [0.1, 0.15) is 11.6 Å². The molecular weight excluding hydrogens is 281 g/mol. The number of amides is 1. The second kappa shape index (κ2) is 5.81. The maximum absolute atomic E-state index is 13.2. The summed E-state index contributed by atoms with van der Waals surface area (Å²) >= 11 is 0. The second-order valence-electron chi connectivity index (χ2n) is 4.91. The number of carbonyl (C=O) groups is 1. The summed E-state index contributed by atoms with van der Waals surface area (Å²) in [6.07, 6.45) is 3.57. The van der Waals surface area contributed by atoms with Crippen LogP contribution in [0.1, 0.15) is 10.4 Å². The summed E-state index contributed by atoms with van der Waals surface area (Å²) in [4.78, 5) is 16.4. The number of benzene rings is 2. The highest BCUT2D eigenvalue weighted by Gasteiger charge is 2.09. The lowest BCUT2D eigenvalue weighted by atomic mass is 10.1. The van der Waals surface area contributed by atoms with Crippen LogP contribution in [0.3, 0.4) is 0 Å². The minimum absolute atomic E-state index is 0.280. The summed E-state index contributed by atoms with van der Waals surface area (Å²) in [5, 5.41) is 2.76. The number of aryl methyl sites for hydroxylation is 1. The summed E-state index contributed by atoms with van der Waals surface area (Å²) in [5.41, 5.74) is 1.81. The highest BCUT2D eigenvalue weighted by atomic mass is 19.1. The zero-order valence-corrected chi connectivity index (χ0v) is 12.0. The maximum atomic E-state index is 13.2. The summed E-state index contributed by atoms with van der Waals surface area (Å²) in [5.74, 6) is 0.0211. The minimum Gasteiger partial charge on any atom is -0.334 e. The fraction of sp³-hybridized carbons (Fsp3) is 0.0588. The molecule has 3 rings (SSSR count). The van der Waals surface area contributed by atoms with Gasteiger partial charge in [0.05, 0.1) is 0 Å². The Labute approximate surface area is 127 Å². The van der Waals surface area contributed by atoms with Crippen LogP contribution in [0.2, 0.25) is 0 Å². The molecule has 1 amide bonds. The number of aromatic nitrogens is 2. The van der Waals surface area contributed by atoms with Crippen molar-refractivity contribution in [2.45, 2.75) is 0 Å². The Bertz CT molecular complexity index is 826. The Morgan fingerprint density at radius 1 is 1.18 bits per heavy atom. The van der Waals surface area contributed by atoms with Crippen molar-refractivity contribution >= 4 is 11.6 Å². The van der Waals surface area contributed by atoms with E-state index in [9.17, 15) is 9.18 Å². The average molecular weight is 295 g/mol. The number of hydrogen-bond donors (Lipinski definition) is 1. The van der Waals surface area contributed by atoms with Gasteiger partial charge in [0, 0.05) is 36.3 Å². The lowest BCUT2D eigenvalue weighted by Gasteiger charge is -2.08. The molecule has 0 saturated carbocycles. The summed E-state index contributed by atoms with van der Waals surface area (Å²) in [7, 11) is 1.90. The predicted octanol–water partition coefficient (Wildman–Crippen LogP) is 3.48. The molecule has 2 aromatic carbocycles. The van der Waals surface area contributed by atoms with E-state index in [4.69, 9.17) is 0 Å². The van der Waals surface area contributed by atoms with E-state index in [1.54, 1.807) is 18.3 Å². The van der Waals surface area contributed by atoms with Crippen molar-refractivity contribution < 1.29 is 9.18 Å². The van der Waals surface area contributed by atoms with Crippen LogP contribution in [0.4, 0.5) is 10.1 Å². The zero-order valence-electron chi connectivity index (χ0n) is 12.0. The van der Waals surface area contributed by atoms with Crippen LogP contribution in [0.5, 0.6) is 0 Å². The number of halogens is 1. The van der Waals surface area contributed by atoms with Gasteiger partial charge in [-0.25, -0.2) is 9.37 Å². The van der Waals surface area contributed by atoms with Crippen molar-refractivity contribution in [3.05, 3.63) is 72.3 Å². The van der Waals surface area contributed by atoms with Gasteiger partial charge in [0.25, 0.3) is 5.91 Å². The van der Waals surface area contributed by atoms with E-state index in [0.717, 1.165) is 11.4 Å². The Morgan fingerprint density at radius 3 is 2.73 bits per heavy atom. The Balaban J connectivity index is 1.84. The molecule has 1 aromatic heterocycles. The third kappa shape index (κ3) is 2.88. The number of anilines is 1. The van der Waals surface area contributed by atoms with Gasteiger partial charge in [-0.05, 0) is 30.3 Å². The molecule has 0 saturated heterocycles. The van der Waals surface area contributed by atoms with Crippen molar-refractivity contribution in [1.82, 2.24) is 9.55 Å². The molecule has 5 heteroatoms. The van der Waals surface area contributed by atoms with Gasteiger partial charge in [-0.1, -0.05) is 18.2 Å². The minimum atomic E-state index is -0.436. The van der Waals surface area contributed by atoms with E-state index in [0.29, 0.717) is 5.69 Å². The molecule has 0 atom stereocenters. The largest absolute Gasteiger partial charge is 0.334 e. The Kier molecular flexibility index (Phi) is 3.70. The van der Waals surface area contributed by atoms with Crippen LogP contribution in [-0.2, 0) is 7.05 Å². The van der Waals surface area contributed by atoms with Crippen LogP contribution >= 0.6 is 0 Å². The molecule has 3 aromatic rings. The summed E-state index contributed by atoms with van der Waals surface area (Å²) in [6, 6.07) is 13.0. The van der Waals surface area contributed by atoms with Crippen molar-refractivity contribution in [2.75, 3.05) is 5.32 Å². The van der Waals surface area contributed by atoms with Gasteiger partial charge >= 0.3 is 0 Å². The van der Waals surface area contributed by atoms with E-state index in [2.05, 4.69) is 10.3 Å². The monoisotopic (exact) mass is 295 g/mol. The smallest absolute Gasteiger partial charge is 0.255 e. The van der Waals surface area contributed by atoms with Crippen LogP contribution in [-0.4, -0.2) is 15.5 Å². The molecule has 0 aliphatic rings. The number of imidazole rings is 1. The molecule has 0 unspecified atom stereocenters. The number of nitrogens with one attached hydrogen (secondary N) is 1. The SMILES string of the molecule is Cn1ccnc1-c1cccc(NC(=O)c2cccc(F)c2)c1. The highest BCUT2D eigenvalue weighted by Crippen LogP contribution is 2.21. The molecule has 0 radical (unpaired) electrons. The van der Waals surface area contributed by atoms with Gasteiger partial charge in [-0.3, -0.25) is 4.79 Å². The summed E-state index contributed by atoms with van der Waals surface area (Å²) in [6.45, 7) is 0. The standard InChI is InChI=1S/C17H14FN3O/c1-21-9-8-19-16(21)12-4-3-7-15(11-12)20-17(22)13-5-2-6-14(18)10-13/h2-11H,1H3,(H,20,22). The fourth-order valence-electron chi connectivity index (χ4n) is 2.21. The lowest BCUT2D eigenvalue weighted by Crippen LogP contribution is -2.12. The molecule has 1 N–H and O–H groups in total. The van der Waals surface area contributed by atoms with Crippen molar-refractivity contribution in [1.29, 1.82) is 0 Å². The molecular formula is C17H14FN3O. The van der Waals surface area contributed by atoms with Crippen LogP contribution in [0, 0.1) is 5.82 Å².